The fourth-order valence-electron chi connectivity index (χ4n) is 2.31. The number of esters is 2. The summed E-state index contributed by atoms with van der Waals surface area (Å²) in [5.41, 5.74) is -1.65. The van der Waals surface area contributed by atoms with Gasteiger partial charge in [-0.3, -0.25) is 0 Å². The maximum atomic E-state index is 14.6. The molecular weight excluding hydrogens is 275 g/mol. The molecule has 0 spiro atoms. The lowest BCUT2D eigenvalue weighted by Gasteiger charge is -2.20. The average Bonchev–Trinajstić information content (AvgIpc) is 2.51. The van der Waals surface area contributed by atoms with E-state index in [1.54, 1.807) is 27.7 Å². The maximum Gasteiger partial charge on any atom is 0.343 e. The van der Waals surface area contributed by atoms with Crippen LogP contribution in [0.15, 0.2) is 11.6 Å². The lowest BCUT2D eigenvalue weighted by Crippen LogP contribution is -2.35. The van der Waals surface area contributed by atoms with Gasteiger partial charge in [-0.05, 0) is 59.8 Å². The summed E-state index contributed by atoms with van der Waals surface area (Å²) in [6.07, 6.45) is 3.11. The Bertz CT molecular complexity index is 422. The van der Waals surface area contributed by atoms with Gasteiger partial charge in [0, 0.05) is 6.08 Å². The van der Waals surface area contributed by atoms with Crippen LogP contribution in [0.5, 0.6) is 0 Å². The molecule has 0 radical (unpaired) electrons. The van der Waals surface area contributed by atoms with Gasteiger partial charge in [-0.1, -0.05) is 5.57 Å². The van der Waals surface area contributed by atoms with E-state index in [0.29, 0.717) is 19.3 Å². The molecular formula is C16H25FO4. The predicted octanol–water partition coefficient (Wildman–Crippen LogP) is 3.49. The van der Waals surface area contributed by atoms with Crippen LogP contribution in [0.25, 0.3) is 0 Å². The second-order valence-corrected chi connectivity index (χ2v) is 6.38. The topological polar surface area (TPSA) is 52.6 Å². The van der Waals surface area contributed by atoms with Gasteiger partial charge >= 0.3 is 11.9 Å². The summed E-state index contributed by atoms with van der Waals surface area (Å²) in [7, 11) is 0. The van der Waals surface area contributed by atoms with Crippen molar-refractivity contribution in [2.24, 2.45) is 0 Å². The van der Waals surface area contributed by atoms with E-state index in [9.17, 15) is 14.0 Å². The first-order valence-electron chi connectivity index (χ1n) is 7.45. The number of alkyl halides is 1. The lowest BCUT2D eigenvalue weighted by molar-refractivity contribution is -0.158. The van der Waals surface area contributed by atoms with Crippen LogP contribution in [-0.2, 0) is 19.1 Å². The predicted molar refractivity (Wildman–Crippen MR) is 77.5 cm³/mol. The highest BCUT2D eigenvalue weighted by molar-refractivity contribution is 5.83. The van der Waals surface area contributed by atoms with Crippen molar-refractivity contribution in [3.8, 4) is 0 Å². The van der Waals surface area contributed by atoms with Crippen molar-refractivity contribution in [3.05, 3.63) is 11.6 Å². The van der Waals surface area contributed by atoms with Gasteiger partial charge in [-0.15, -0.1) is 0 Å². The Kier molecular flexibility index (Phi) is 5.93. The van der Waals surface area contributed by atoms with Crippen LogP contribution in [0.2, 0.25) is 0 Å². The van der Waals surface area contributed by atoms with Gasteiger partial charge in [0.05, 0.1) is 6.61 Å². The number of ether oxygens (including phenoxy) is 2. The maximum absolute atomic E-state index is 14.6. The van der Waals surface area contributed by atoms with Crippen LogP contribution in [0.4, 0.5) is 4.39 Å². The minimum atomic E-state index is -1.93. The van der Waals surface area contributed by atoms with E-state index in [4.69, 9.17) is 9.47 Å². The van der Waals surface area contributed by atoms with Gasteiger partial charge in [0.25, 0.3) is 0 Å². The summed E-state index contributed by atoms with van der Waals surface area (Å²) in [5.74, 6) is -1.21. The first-order valence-corrected chi connectivity index (χ1v) is 7.45. The van der Waals surface area contributed by atoms with Gasteiger partial charge in [-0.25, -0.2) is 14.0 Å². The lowest BCUT2D eigenvalue weighted by atomic mass is 9.96. The molecule has 1 fully saturated rings. The number of rotatable bonds is 3. The minimum Gasteiger partial charge on any atom is -0.464 e. The van der Waals surface area contributed by atoms with Crippen molar-refractivity contribution < 1.29 is 23.5 Å². The van der Waals surface area contributed by atoms with Crippen LogP contribution in [0, 0.1) is 0 Å². The van der Waals surface area contributed by atoms with E-state index in [1.807, 2.05) is 0 Å². The van der Waals surface area contributed by atoms with Crippen molar-refractivity contribution in [3.63, 3.8) is 0 Å². The summed E-state index contributed by atoms with van der Waals surface area (Å²) in [6, 6.07) is 0. The van der Waals surface area contributed by atoms with Crippen LogP contribution in [-0.4, -0.2) is 29.8 Å². The Morgan fingerprint density at radius 3 is 2.52 bits per heavy atom. The Hall–Kier alpha value is -1.39. The number of hydrogen-bond donors (Lipinski definition) is 0. The fourth-order valence-corrected chi connectivity index (χ4v) is 2.31. The number of allylic oxidation sites excluding steroid dienone is 1. The van der Waals surface area contributed by atoms with Crippen LogP contribution in [0.1, 0.15) is 59.8 Å². The second-order valence-electron chi connectivity index (χ2n) is 6.38. The van der Waals surface area contributed by atoms with Crippen molar-refractivity contribution in [1.82, 2.24) is 0 Å². The van der Waals surface area contributed by atoms with E-state index in [-0.39, 0.29) is 19.4 Å². The van der Waals surface area contributed by atoms with Gasteiger partial charge in [0.2, 0.25) is 5.67 Å². The van der Waals surface area contributed by atoms with Crippen molar-refractivity contribution in [2.45, 2.75) is 71.1 Å². The van der Waals surface area contributed by atoms with Crippen LogP contribution < -0.4 is 0 Å². The molecule has 0 aromatic carbocycles. The Balaban J connectivity index is 2.68. The summed E-state index contributed by atoms with van der Waals surface area (Å²) in [6.45, 7) is 7.22. The van der Waals surface area contributed by atoms with Crippen molar-refractivity contribution >= 4 is 11.9 Å². The minimum absolute atomic E-state index is 0.0560. The Labute approximate surface area is 125 Å². The standard InChI is InChI=1S/C16H25FO4/c1-5-20-14(19)16(17)9-6-7-12(8-10-16)11-13(18)21-15(2,3)4/h11H,5-10H2,1-4H3/b12-11-. The van der Waals surface area contributed by atoms with Crippen molar-refractivity contribution in [1.29, 1.82) is 0 Å². The van der Waals surface area contributed by atoms with Gasteiger partial charge in [0.1, 0.15) is 5.60 Å². The highest BCUT2D eigenvalue weighted by Crippen LogP contribution is 2.34. The molecule has 0 N–H and O–H groups in total. The third kappa shape index (κ3) is 5.86. The zero-order valence-electron chi connectivity index (χ0n) is 13.3. The van der Waals surface area contributed by atoms with Crippen LogP contribution >= 0.6 is 0 Å². The normalized spacial score (nSPS) is 25.3. The Morgan fingerprint density at radius 1 is 1.29 bits per heavy atom. The molecule has 0 aromatic rings. The average molecular weight is 300 g/mol. The summed E-state index contributed by atoms with van der Waals surface area (Å²) < 4.78 is 24.6. The monoisotopic (exact) mass is 300 g/mol. The largest absolute Gasteiger partial charge is 0.464 e. The molecule has 0 heterocycles. The highest BCUT2D eigenvalue weighted by atomic mass is 19.1. The number of halogens is 1. The molecule has 4 nitrogen and oxygen atoms in total. The van der Waals surface area contributed by atoms with Crippen molar-refractivity contribution in [2.75, 3.05) is 6.61 Å². The smallest absolute Gasteiger partial charge is 0.343 e. The number of carbonyl (C=O) groups excluding carboxylic acids is 2. The molecule has 1 aliphatic rings. The second kappa shape index (κ2) is 7.05. The zero-order chi connectivity index (χ0) is 16.1. The molecule has 0 amide bonds. The quantitative estimate of drug-likeness (QED) is 0.455. The third-order valence-corrected chi connectivity index (χ3v) is 3.28. The van der Waals surface area contributed by atoms with E-state index in [0.717, 1.165) is 5.57 Å². The zero-order valence-corrected chi connectivity index (χ0v) is 13.3. The van der Waals surface area contributed by atoms with Crippen LogP contribution in [0.3, 0.4) is 0 Å². The summed E-state index contributed by atoms with van der Waals surface area (Å²) >= 11 is 0. The molecule has 0 bridgehead atoms. The highest BCUT2D eigenvalue weighted by Gasteiger charge is 2.40. The van der Waals surface area contributed by atoms with Gasteiger partial charge in [-0.2, -0.15) is 0 Å². The Morgan fingerprint density at radius 2 is 1.95 bits per heavy atom. The molecule has 1 atom stereocenters. The third-order valence-electron chi connectivity index (χ3n) is 3.28. The SMILES string of the molecule is CCOC(=O)C1(F)CCC/C(=C/C(=O)OC(C)(C)C)CC1. The molecule has 0 aliphatic heterocycles. The van der Waals surface area contributed by atoms with E-state index >= 15 is 0 Å². The van der Waals surface area contributed by atoms with Gasteiger partial charge in [0.15, 0.2) is 0 Å². The number of hydrogen-bond acceptors (Lipinski definition) is 4. The molecule has 1 unspecified atom stereocenters. The van der Waals surface area contributed by atoms with E-state index < -0.39 is 23.2 Å². The fraction of sp³-hybridized carbons (Fsp3) is 0.750. The molecule has 1 aliphatic carbocycles. The van der Waals surface area contributed by atoms with E-state index in [1.165, 1.54) is 6.08 Å². The van der Waals surface area contributed by atoms with Gasteiger partial charge < -0.3 is 9.47 Å². The summed E-state index contributed by atoms with van der Waals surface area (Å²) in [5, 5.41) is 0. The first kappa shape index (κ1) is 17.7. The first-order chi connectivity index (χ1) is 9.66. The molecule has 21 heavy (non-hydrogen) atoms. The molecule has 1 saturated carbocycles. The molecule has 120 valence electrons. The molecule has 5 heteroatoms. The molecule has 0 saturated heterocycles. The number of carbonyl (C=O) groups is 2. The van der Waals surface area contributed by atoms with E-state index in [2.05, 4.69) is 0 Å². The molecule has 0 aromatic heterocycles. The summed E-state index contributed by atoms with van der Waals surface area (Å²) in [4.78, 5) is 23.4. The molecule has 1 rings (SSSR count).